The van der Waals surface area contributed by atoms with Gasteiger partial charge in [-0.2, -0.15) is 13.2 Å². The molecule has 0 radical (unpaired) electrons. The number of anilines is 3. The minimum absolute atomic E-state index is 0.00362. The van der Waals surface area contributed by atoms with Gasteiger partial charge in [0.25, 0.3) is 5.91 Å². The maximum atomic E-state index is 14.2. The van der Waals surface area contributed by atoms with Crippen LogP contribution in [0.4, 0.5) is 34.6 Å². The summed E-state index contributed by atoms with van der Waals surface area (Å²) >= 11 is 0. The molecule has 2 aromatic rings. The second kappa shape index (κ2) is 8.18. The SMILES string of the molecule is CC(=O)N1CCN(c2ccc(NC=C3C(=O)Nc4cccc(F)c43)cc2C(F)(F)F)CC1. The summed E-state index contributed by atoms with van der Waals surface area (Å²) in [5, 5.41) is 5.21. The van der Waals surface area contributed by atoms with Crippen LogP contribution in [0.5, 0.6) is 0 Å². The molecule has 0 spiro atoms. The second-order valence-corrected chi connectivity index (χ2v) is 7.54. The molecule has 0 unspecified atom stereocenters. The van der Waals surface area contributed by atoms with Crippen molar-refractivity contribution >= 4 is 34.4 Å². The third kappa shape index (κ3) is 4.12. The van der Waals surface area contributed by atoms with Crippen LogP contribution in [-0.2, 0) is 15.8 Å². The Morgan fingerprint density at radius 3 is 2.50 bits per heavy atom. The van der Waals surface area contributed by atoms with Crippen molar-refractivity contribution in [3.05, 3.63) is 59.5 Å². The summed E-state index contributed by atoms with van der Waals surface area (Å²) in [5.74, 6) is -1.26. The molecule has 2 heterocycles. The minimum Gasteiger partial charge on any atom is -0.367 e. The lowest BCUT2D eigenvalue weighted by molar-refractivity contribution is -0.137. The van der Waals surface area contributed by atoms with E-state index in [-0.39, 0.29) is 41.5 Å². The van der Waals surface area contributed by atoms with Crippen LogP contribution in [-0.4, -0.2) is 42.9 Å². The fraction of sp³-hybridized carbons (Fsp3) is 0.273. The van der Waals surface area contributed by atoms with E-state index in [4.69, 9.17) is 0 Å². The van der Waals surface area contributed by atoms with Gasteiger partial charge in [0.05, 0.1) is 16.8 Å². The predicted molar refractivity (Wildman–Crippen MR) is 113 cm³/mol. The van der Waals surface area contributed by atoms with Gasteiger partial charge in [-0.25, -0.2) is 4.39 Å². The second-order valence-electron chi connectivity index (χ2n) is 7.54. The van der Waals surface area contributed by atoms with Crippen LogP contribution in [0.3, 0.4) is 0 Å². The van der Waals surface area contributed by atoms with E-state index in [1.807, 2.05) is 0 Å². The molecule has 168 valence electrons. The fourth-order valence-electron chi connectivity index (χ4n) is 3.89. The number of rotatable bonds is 3. The summed E-state index contributed by atoms with van der Waals surface area (Å²) in [4.78, 5) is 26.8. The first-order valence-electron chi connectivity index (χ1n) is 9.94. The summed E-state index contributed by atoms with van der Waals surface area (Å²) in [5.41, 5.74) is -0.335. The first-order chi connectivity index (χ1) is 15.1. The third-order valence-electron chi connectivity index (χ3n) is 5.53. The van der Waals surface area contributed by atoms with E-state index in [0.29, 0.717) is 18.8 Å². The predicted octanol–water partition coefficient (Wildman–Crippen LogP) is 3.92. The van der Waals surface area contributed by atoms with E-state index in [9.17, 15) is 27.2 Å². The molecule has 2 aliphatic heterocycles. The van der Waals surface area contributed by atoms with E-state index < -0.39 is 23.5 Å². The van der Waals surface area contributed by atoms with Crippen LogP contribution in [0.1, 0.15) is 18.1 Å². The topological polar surface area (TPSA) is 64.7 Å². The Bertz CT molecular complexity index is 1110. The maximum Gasteiger partial charge on any atom is 0.418 e. The van der Waals surface area contributed by atoms with Crippen LogP contribution >= 0.6 is 0 Å². The molecule has 32 heavy (non-hydrogen) atoms. The molecular formula is C22H20F4N4O2. The lowest BCUT2D eigenvalue weighted by Gasteiger charge is -2.36. The molecular weight excluding hydrogens is 428 g/mol. The number of amides is 2. The number of halogens is 4. The van der Waals surface area contributed by atoms with Gasteiger partial charge in [-0.05, 0) is 30.3 Å². The van der Waals surface area contributed by atoms with E-state index in [0.717, 1.165) is 6.07 Å². The number of fused-ring (bicyclic) bond motifs is 1. The number of piperazine rings is 1. The van der Waals surface area contributed by atoms with Crippen LogP contribution < -0.4 is 15.5 Å². The molecule has 2 amide bonds. The standard InChI is InChI=1S/C22H20F4N4O2/c1-13(31)29-7-9-30(10-8-29)19-6-5-14(11-16(19)22(24,25)26)27-12-15-20-17(23)3-2-4-18(20)28-21(15)32/h2-6,11-12,27H,7-10H2,1H3,(H,28,32). The lowest BCUT2D eigenvalue weighted by Crippen LogP contribution is -2.48. The molecule has 2 aliphatic rings. The summed E-state index contributed by atoms with van der Waals surface area (Å²) in [6, 6.07) is 7.98. The van der Waals surface area contributed by atoms with Gasteiger partial charge in [-0.1, -0.05) is 6.07 Å². The minimum atomic E-state index is -4.61. The van der Waals surface area contributed by atoms with Crippen LogP contribution in [0, 0.1) is 5.82 Å². The molecule has 0 bridgehead atoms. The summed E-state index contributed by atoms with van der Waals surface area (Å²) in [6.45, 7) is 2.70. The number of nitrogens with one attached hydrogen (secondary N) is 2. The van der Waals surface area contributed by atoms with E-state index >= 15 is 0 Å². The molecule has 1 fully saturated rings. The van der Waals surface area contributed by atoms with Gasteiger partial charge in [0.1, 0.15) is 5.82 Å². The average Bonchev–Trinajstić information content (AvgIpc) is 3.08. The number of nitrogens with zero attached hydrogens (tertiary/aromatic N) is 2. The van der Waals surface area contributed by atoms with Crippen molar-refractivity contribution in [1.82, 2.24) is 4.90 Å². The Kier molecular flexibility index (Phi) is 5.53. The van der Waals surface area contributed by atoms with Crippen LogP contribution in [0.2, 0.25) is 0 Å². The Labute approximate surface area is 181 Å². The normalized spacial score (nSPS) is 17.4. The molecule has 10 heteroatoms. The van der Waals surface area contributed by atoms with Crippen molar-refractivity contribution in [2.45, 2.75) is 13.1 Å². The molecule has 1 saturated heterocycles. The van der Waals surface area contributed by atoms with E-state index in [2.05, 4.69) is 10.6 Å². The maximum absolute atomic E-state index is 14.2. The molecule has 4 rings (SSSR count). The molecule has 0 aromatic heterocycles. The van der Waals surface area contributed by atoms with Gasteiger partial charge < -0.3 is 20.4 Å². The van der Waals surface area contributed by atoms with E-state index in [1.165, 1.54) is 37.4 Å². The Hall–Kier alpha value is -3.56. The zero-order valence-electron chi connectivity index (χ0n) is 17.1. The van der Waals surface area contributed by atoms with Gasteiger partial charge in [-0.3, -0.25) is 9.59 Å². The third-order valence-corrected chi connectivity index (χ3v) is 5.53. The van der Waals surface area contributed by atoms with Crippen molar-refractivity contribution in [2.24, 2.45) is 0 Å². The van der Waals surface area contributed by atoms with Gasteiger partial charge in [0.15, 0.2) is 0 Å². The van der Waals surface area contributed by atoms with Crippen molar-refractivity contribution < 1.29 is 27.2 Å². The number of benzene rings is 2. The molecule has 0 atom stereocenters. The molecule has 0 saturated carbocycles. The number of alkyl halides is 3. The smallest absolute Gasteiger partial charge is 0.367 e. The zero-order valence-corrected chi connectivity index (χ0v) is 17.1. The first-order valence-corrected chi connectivity index (χ1v) is 9.94. The average molecular weight is 448 g/mol. The lowest BCUT2D eigenvalue weighted by atomic mass is 10.1. The highest BCUT2D eigenvalue weighted by Crippen LogP contribution is 2.39. The largest absolute Gasteiger partial charge is 0.418 e. The van der Waals surface area contributed by atoms with Gasteiger partial charge in [-0.15, -0.1) is 0 Å². The van der Waals surface area contributed by atoms with Crippen LogP contribution in [0.15, 0.2) is 42.6 Å². The fourth-order valence-corrected chi connectivity index (χ4v) is 3.89. The van der Waals surface area contributed by atoms with Crippen molar-refractivity contribution in [2.75, 3.05) is 41.7 Å². The number of carbonyl (C=O) groups excluding carboxylic acids is 2. The quantitative estimate of drug-likeness (QED) is 0.552. The molecule has 0 aliphatic carbocycles. The summed E-state index contributed by atoms with van der Waals surface area (Å²) in [7, 11) is 0. The molecule has 2 N–H and O–H groups in total. The summed E-state index contributed by atoms with van der Waals surface area (Å²) in [6.07, 6.45) is -3.41. The number of carbonyl (C=O) groups is 2. The first kappa shape index (κ1) is 21.7. The van der Waals surface area contributed by atoms with Crippen molar-refractivity contribution in [3.63, 3.8) is 0 Å². The van der Waals surface area contributed by atoms with E-state index in [1.54, 1.807) is 15.9 Å². The number of hydrogen-bond acceptors (Lipinski definition) is 4. The Balaban J connectivity index is 1.60. The Morgan fingerprint density at radius 2 is 1.84 bits per heavy atom. The van der Waals surface area contributed by atoms with Crippen molar-refractivity contribution in [3.8, 4) is 0 Å². The van der Waals surface area contributed by atoms with Gasteiger partial charge in [0.2, 0.25) is 5.91 Å². The van der Waals surface area contributed by atoms with Gasteiger partial charge >= 0.3 is 6.18 Å². The zero-order chi connectivity index (χ0) is 23.0. The highest BCUT2D eigenvalue weighted by molar-refractivity contribution is 6.31. The monoisotopic (exact) mass is 448 g/mol. The van der Waals surface area contributed by atoms with Crippen molar-refractivity contribution in [1.29, 1.82) is 0 Å². The molecule has 6 nitrogen and oxygen atoms in total. The highest BCUT2D eigenvalue weighted by Gasteiger charge is 2.36. The summed E-state index contributed by atoms with van der Waals surface area (Å²) < 4.78 is 55.5. The highest BCUT2D eigenvalue weighted by atomic mass is 19.4. The van der Waals surface area contributed by atoms with Gasteiger partial charge in [0, 0.05) is 56.2 Å². The van der Waals surface area contributed by atoms with Crippen LogP contribution in [0.25, 0.3) is 5.57 Å². The number of hydrogen-bond donors (Lipinski definition) is 2. The Morgan fingerprint density at radius 1 is 1.12 bits per heavy atom. The molecule has 2 aromatic carbocycles.